The summed E-state index contributed by atoms with van der Waals surface area (Å²) in [6, 6.07) is 4.71. The van der Waals surface area contributed by atoms with E-state index >= 15 is 0 Å². The molecule has 1 N–H and O–H groups in total. The van der Waals surface area contributed by atoms with E-state index in [0.29, 0.717) is 23.5 Å². The average Bonchev–Trinajstić information content (AvgIpc) is 3.24. The van der Waals surface area contributed by atoms with Crippen LogP contribution >= 0.6 is 11.3 Å². The van der Waals surface area contributed by atoms with Gasteiger partial charge in [0.15, 0.2) is 11.5 Å². The Kier molecular flexibility index (Phi) is 7.62. The Labute approximate surface area is 202 Å². The Balaban J connectivity index is 1.45. The highest BCUT2D eigenvalue weighted by molar-refractivity contribution is 7.18. The molecule has 3 aromatic rings. The third-order valence-corrected chi connectivity index (χ3v) is 7.23. The molecule has 0 unspecified atom stereocenters. The number of carbonyl (C=O) groups excluding carboxylic acids is 1. The lowest BCUT2D eigenvalue weighted by molar-refractivity contribution is -0.123. The Morgan fingerprint density at radius 1 is 1.32 bits per heavy atom. The minimum absolute atomic E-state index is 0.167. The number of methoxy groups -OCH3 is 1. The Hall–Kier alpha value is -3.20. The van der Waals surface area contributed by atoms with E-state index in [-0.39, 0.29) is 5.56 Å². The lowest BCUT2D eigenvalue weighted by atomic mass is 9.97. The molecular weight excluding hydrogens is 452 g/mol. The van der Waals surface area contributed by atoms with Gasteiger partial charge in [0.2, 0.25) is 0 Å². The van der Waals surface area contributed by atoms with Gasteiger partial charge in [-0.3, -0.25) is 14.2 Å². The van der Waals surface area contributed by atoms with Gasteiger partial charge < -0.3 is 9.47 Å². The first-order valence-electron chi connectivity index (χ1n) is 11.7. The van der Waals surface area contributed by atoms with Crippen LogP contribution in [0.15, 0.2) is 34.4 Å². The van der Waals surface area contributed by atoms with Crippen molar-refractivity contribution < 1.29 is 14.3 Å². The van der Waals surface area contributed by atoms with Gasteiger partial charge in [-0.15, -0.1) is 11.3 Å². The van der Waals surface area contributed by atoms with Crippen molar-refractivity contribution in [1.29, 1.82) is 0 Å². The molecule has 4 rings (SSSR count). The number of aromatic nitrogens is 2. The number of benzene rings is 1. The predicted octanol–water partition coefficient (Wildman–Crippen LogP) is 4.24. The quantitative estimate of drug-likeness (QED) is 0.280. The monoisotopic (exact) mass is 482 g/mol. The third-order valence-electron chi connectivity index (χ3n) is 6.03. The molecule has 0 saturated carbocycles. The number of fused-ring (bicyclic) bond motifs is 3. The molecule has 0 fully saturated rings. The van der Waals surface area contributed by atoms with E-state index < -0.39 is 11.9 Å². The largest absolute Gasteiger partial charge is 0.493 e. The maximum Gasteiger partial charge on any atom is 0.263 e. The van der Waals surface area contributed by atoms with Crippen LogP contribution in [0, 0.1) is 0 Å². The highest BCUT2D eigenvalue weighted by Gasteiger charge is 2.23. The fourth-order valence-corrected chi connectivity index (χ4v) is 5.25. The van der Waals surface area contributed by atoms with Crippen LogP contribution < -0.4 is 20.5 Å². The number of carbonyl (C=O) groups is 1. The molecule has 1 aliphatic rings. The molecule has 34 heavy (non-hydrogen) atoms. The number of unbranched alkanes of at least 4 members (excludes halogenated alkanes) is 1. The summed E-state index contributed by atoms with van der Waals surface area (Å²) in [5, 5.41) is 4.73. The van der Waals surface area contributed by atoms with E-state index in [4.69, 9.17) is 9.47 Å². The summed E-state index contributed by atoms with van der Waals surface area (Å²) in [5.74, 6) is 0.878. The minimum atomic E-state index is -0.746. The summed E-state index contributed by atoms with van der Waals surface area (Å²) in [5.41, 5.74) is 4.22. The van der Waals surface area contributed by atoms with Crippen molar-refractivity contribution >= 4 is 33.7 Å². The molecule has 1 amide bonds. The fourth-order valence-electron chi connectivity index (χ4n) is 4.04. The molecule has 0 aliphatic heterocycles. The Morgan fingerprint density at radius 2 is 2.15 bits per heavy atom. The number of amides is 1. The molecule has 0 radical (unpaired) electrons. The van der Waals surface area contributed by atoms with Crippen molar-refractivity contribution in [3.63, 3.8) is 0 Å². The molecule has 180 valence electrons. The number of hydrazone groups is 1. The lowest BCUT2D eigenvalue weighted by Gasteiger charge is -2.14. The molecule has 1 atom stereocenters. The van der Waals surface area contributed by atoms with Crippen LogP contribution in [0.5, 0.6) is 11.5 Å². The van der Waals surface area contributed by atoms with Gasteiger partial charge in [0.05, 0.1) is 31.6 Å². The van der Waals surface area contributed by atoms with Crippen molar-refractivity contribution in [2.45, 2.75) is 58.4 Å². The minimum Gasteiger partial charge on any atom is -0.493 e. The second-order valence-corrected chi connectivity index (χ2v) is 9.45. The Bertz CT molecular complexity index is 1260. The standard InChI is InChI=1S/C25H30N4O4S/c1-4-5-12-33-19-11-10-17(13-20(19)32-3)14-27-28-23(30)16(2)29-15-26-24-22(25(29)31)18-8-6-7-9-21(18)34-24/h10-11,13-16H,4-9,12H2,1-3H3,(H,28,30)/b27-14-/t16-/m1/s1. The number of hydrogen-bond acceptors (Lipinski definition) is 7. The average molecular weight is 483 g/mol. The predicted molar refractivity (Wildman–Crippen MR) is 134 cm³/mol. The first-order chi connectivity index (χ1) is 16.5. The lowest BCUT2D eigenvalue weighted by Crippen LogP contribution is -2.34. The number of nitrogens with zero attached hydrogens (tertiary/aromatic N) is 3. The summed E-state index contributed by atoms with van der Waals surface area (Å²) < 4.78 is 12.5. The first kappa shape index (κ1) is 23.9. The van der Waals surface area contributed by atoms with E-state index in [0.717, 1.165) is 54.5 Å². The van der Waals surface area contributed by atoms with E-state index in [9.17, 15) is 9.59 Å². The zero-order valence-electron chi connectivity index (χ0n) is 19.8. The summed E-state index contributed by atoms with van der Waals surface area (Å²) >= 11 is 1.60. The van der Waals surface area contributed by atoms with Gasteiger partial charge in [-0.2, -0.15) is 5.10 Å². The second kappa shape index (κ2) is 10.8. The number of aryl methyl sites for hydroxylation is 2. The molecule has 9 heteroatoms. The van der Waals surface area contributed by atoms with Crippen molar-refractivity contribution in [1.82, 2.24) is 15.0 Å². The summed E-state index contributed by atoms with van der Waals surface area (Å²) in [7, 11) is 1.58. The van der Waals surface area contributed by atoms with Gasteiger partial charge >= 0.3 is 0 Å². The summed E-state index contributed by atoms with van der Waals surface area (Å²) in [6.07, 6.45) is 9.13. The Morgan fingerprint density at radius 3 is 2.94 bits per heavy atom. The van der Waals surface area contributed by atoms with Crippen molar-refractivity contribution in [2.24, 2.45) is 5.10 Å². The number of hydrogen-bond donors (Lipinski definition) is 1. The van der Waals surface area contributed by atoms with Crippen molar-refractivity contribution in [3.05, 3.63) is 50.9 Å². The first-order valence-corrected chi connectivity index (χ1v) is 12.5. The summed E-state index contributed by atoms with van der Waals surface area (Å²) in [6.45, 7) is 4.40. The molecule has 2 heterocycles. The second-order valence-electron chi connectivity index (χ2n) is 8.37. The molecule has 0 spiro atoms. The molecule has 1 aromatic carbocycles. The topological polar surface area (TPSA) is 94.8 Å². The molecular formula is C25H30N4O4S. The zero-order chi connectivity index (χ0) is 24.1. The number of nitrogens with one attached hydrogen (secondary N) is 1. The molecule has 0 saturated heterocycles. The molecule has 0 bridgehead atoms. The number of rotatable bonds is 9. The van der Waals surface area contributed by atoms with Crippen LogP contribution in [-0.2, 0) is 17.6 Å². The van der Waals surface area contributed by atoms with Crippen LogP contribution in [0.2, 0.25) is 0 Å². The third kappa shape index (κ3) is 4.99. The van der Waals surface area contributed by atoms with E-state index in [2.05, 4.69) is 22.4 Å². The van der Waals surface area contributed by atoms with Crippen molar-refractivity contribution in [3.8, 4) is 11.5 Å². The van der Waals surface area contributed by atoms with Gasteiger partial charge in [-0.1, -0.05) is 13.3 Å². The highest BCUT2D eigenvalue weighted by atomic mass is 32.1. The fraction of sp³-hybridized carbons (Fsp3) is 0.440. The van der Waals surface area contributed by atoms with Crippen LogP contribution in [-0.4, -0.2) is 35.4 Å². The van der Waals surface area contributed by atoms with Gasteiger partial charge in [0.1, 0.15) is 10.9 Å². The van der Waals surface area contributed by atoms with E-state index in [1.165, 1.54) is 22.0 Å². The molecule has 2 aromatic heterocycles. The van der Waals surface area contributed by atoms with Gasteiger partial charge in [-0.25, -0.2) is 10.4 Å². The van der Waals surface area contributed by atoms with Crippen LogP contribution in [0.1, 0.15) is 61.6 Å². The number of thiophene rings is 1. The molecule has 1 aliphatic carbocycles. The maximum atomic E-state index is 13.2. The highest BCUT2D eigenvalue weighted by Crippen LogP contribution is 2.33. The van der Waals surface area contributed by atoms with Crippen LogP contribution in [0.4, 0.5) is 0 Å². The summed E-state index contributed by atoms with van der Waals surface area (Å²) in [4.78, 5) is 32.4. The van der Waals surface area contributed by atoms with Gasteiger partial charge in [0.25, 0.3) is 11.5 Å². The maximum absolute atomic E-state index is 13.2. The normalized spacial score (nSPS) is 14.2. The SMILES string of the molecule is CCCCOc1ccc(/C=N\NC(=O)[C@@H](C)n2cnc3sc4c(c3c2=O)CCCC4)cc1OC. The van der Waals surface area contributed by atoms with Crippen LogP contribution in [0.25, 0.3) is 10.2 Å². The van der Waals surface area contributed by atoms with Crippen molar-refractivity contribution in [2.75, 3.05) is 13.7 Å². The zero-order valence-corrected chi connectivity index (χ0v) is 20.6. The number of ether oxygens (including phenoxy) is 2. The van der Waals surface area contributed by atoms with Gasteiger partial charge in [-0.05, 0) is 68.4 Å². The van der Waals surface area contributed by atoms with E-state index in [1.807, 2.05) is 12.1 Å². The van der Waals surface area contributed by atoms with E-state index in [1.54, 1.807) is 31.4 Å². The van der Waals surface area contributed by atoms with Crippen LogP contribution in [0.3, 0.4) is 0 Å². The van der Waals surface area contributed by atoms with Gasteiger partial charge in [0, 0.05) is 4.88 Å². The smallest absolute Gasteiger partial charge is 0.263 e. The molecule has 8 nitrogen and oxygen atoms in total.